The Balaban J connectivity index is 2.23. The predicted molar refractivity (Wildman–Crippen MR) is 74.8 cm³/mol. The Kier molecular flexibility index (Phi) is 4.36. The molecule has 0 saturated carbocycles. The van der Waals surface area contributed by atoms with Gasteiger partial charge in [0.2, 0.25) is 5.88 Å². The molecule has 2 rings (SSSR count). The molecular formula is C15H18N2O2. The summed E-state index contributed by atoms with van der Waals surface area (Å²) in [5.41, 5.74) is 7.64. The van der Waals surface area contributed by atoms with E-state index in [1.165, 1.54) is 0 Å². The van der Waals surface area contributed by atoms with E-state index in [2.05, 4.69) is 4.98 Å². The van der Waals surface area contributed by atoms with Crippen molar-refractivity contribution in [3.8, 4) is 17.4 Å². The number of nitrogens with two attached hydrogens (primary N) is 1. The zero-order valence-corrected chi connectivity index (χ0v) is 11.2. The van der Waals surface area contributed by atoms with E-state index >= 15 is 0 Å². The van der Waals surface area contributed by atoms with Gasteiger partial charge in [-0.3, -0.25) is 0 Å². The van der Waals surface area contributed by atoms with Crippen LogP contribution in [-0.2, 0) is 6.42 Å². The van der Waals surface area contributed by atoms with Crippen LogP contribution >= 0.6 is 0 Å². The molecule has 0 unspecified atom stereocenters. The van der Waals surface area contributed by atoms with Crippen LogP contribution in [0.5, 0.6) is 17.4 Å². The molecule has 1 heterocycles. The molecule has 2 aromatic rings. The molecule has 19 heavy (non-hydrogen) atoms. The van der Waals surface area contributed by atoms with Crippen molar-refractivity contribution in [1.82, 2.24) is 4.98 Å². The maximum Gasteiger partial charge on any atom is 0.222 e. The lowest BCUT2D eigenvalue weighted by Gasteiger charge is -2.11. The first-order valence-corrected chi connectivity index (χ1v) is 6.21. The van der Waals surface area contributed by atoms with Gasteiger partial charge in [-0.2, -0.15) is 0 Å². The number of hydrogen-bond acceptors (Lipinski definition) is 4. The van der Waals surface area contributed by atoms with Gasteiger partial charge in [0.05, 0.1) is 7.11 Å². The monoisotopic (exact) mass is 258 g/mol. The number of aromatic nitrogens is 1. The highest BCUT2D eigenvalue weighted by Gasteiger charge is 2.08. The fourth-order valence-electron chi connectivity index (χ4n) is 1.84. The standard InChI is InChI=1S/C15H18N2O2/c1-11-9-12(7-8-16)10-17-15(11)19-14-6-4-3-5-13(14)18-2/h3-6,9-10H,7-8,16H2,1-2H3. The van der Waals surface area contributed by atoms with E-state index in [1.54, 1.807) is 13.3 Å². The van der Waals surface area contributed by atoms with Crippen LogP contribution in [0.4, 0.5) is 0 Å². The second-order valence-electron chi connectivity index (χ2n) is 4.26. The van der Waals surface area contributed by atoms with E-state index in [0.717, 1.165) is 17.5 Å². The minimum Gasteiger partial charge on any atom is -0.493 e. The molecule has 0 fully saturated rings. The van der Waals surface area contributed by atoms with Crippen molar-refractivity contribution in [2.75, 3.05) is 13.7 Å². The highest BCUT2D eigenvalue weighted by atomic mass is 16.5. The minimum atomic E-state index is 0.588. The second-order valence-corrected chi connectivity index (χ2v) is 4.26. The maximum atomic E-state index is 5.80. The molecule has 0 aliphatic heterocycles. The Bertz CT molecular complexity index is 556. The van der Waals surface area contributed by atoms with Crippen LogP contribution in [0.2, 0.25) is 0 Å². The Labute approximate surface area is 113 Å². The first-order chi connectivity index (χ1) is 9.24. The van der Waals surface area contributed by atoms with Crippen molar-refractivity contribution < 1.29 is 9.47 Å². The smallest absolute Gasteiger partial charge is 0.222 e. The van der Waals surface area contributed by atoms with Gasteiger partial charge in [0.15, 0.2) is 11.5 Å². The lowest BCUT2D eigenvalue weighted by molar-refractivity contribution is 0.373. The van der Waals surface area contributed by atoms with Crippen molar-refractivity contribution in [2.45, 2.75) is 13.3 Å². The van der Waals surface area contributed by atoms with Crippen molar-refractivity contribution in [3.63, 3.8) is 0 Å². The summed E-state index contributed by atoms with van der Waals surface area (Å²) in [6.07, 6.45) is 2.62. The Morgan fingerprint density at radius 3 is 2.58 bits per heavy atom. The van der Waals surface area contributed by atoms with Crippen LogP contribution in [0.3, 0.4) is 0 Å². The third kappa shape index (κ3) is 3.23. The van der Waals surface area contributed by atoms with Crippen molar-refractivity contribution >= 4 is 0 Å². The lowest BCUT2D eigenvalue weighted by atomic mass is 10.1. The molecule has 100 valence electrons. The molecule has 1 aromatic heterocycles. The molecule has 0 bridgehead atoms. The van der Waals surface area contributed by atoms with Crippen molar-refractivity contribution in [2.24, 2.45) is 5.73 Å². The zero-order valence-electron chi connectivity index (χ0n) is 11.2. The highest BCUT2D eigenvalue weighted by molar-refractivity contribution is 5.43. The SMILES string of the molecule is COc1ccccc1Oc1ncc(CCN)cc1C. The first-order valence-electron chi connectivity index (χ1n) is 6.21. The fourth-order valence-corrected chi connectivity index (χ4v) is 1.84. The number of aryl methyl sites for hydroxylation is 1. The van der Waals surface area contributed by atoms with E-state index in [0.29, 0.717) is 23.9 Å². The molecule has 0 radical (unpaired) electrons. The summed E-state index contributed by atoms with van der Waals surface area (Å²) >= 11 is 0. The molecule has 0 aliphatic rings. The fraction of sp³-hybridized carbons (Fsp3) is 0.267. The van der Waals surface area contributed by atoms with E-state index in [9.17, 15) is 0 Å². The molecule has 0 amide bonds. The van der Waals surface area contributed by atoms with Gasteiger partial charge in [-0.25, -0.2) is 4.98 Å². The zero-order chi connectivity index (χ0) is 13.7. The van der Waals surface area contributed by atoms with E-state index in [-0.39, 0.29) is 0 Å². The van der Waals surface area contributed by atoms with Gasteiger partial charge in [-0.05, 0) is 43.7 Å². The topological polar surface area (TPSA) is 57.4 Å². The third-order valence-corrected chi connectivity index (χ3v) is 2.80. The largest absolute Gasteiger partial charge is 0.493 e. The van der Waals surface area contributed by atoms with Gasteiger partial charge >= 0.3 is 0 Å². The van der Waals surface area contributed by atoms with Gasteiger partial charge < -0.3 is 15.2 Å². The van der Waals surface area contributed by atoms with E-state index in [4.69, 9.17) is 15.2 Å². The summed E-state index contributed by atoms with van der Waals surface area (Å²) in [5.74, 6) is 1.94. The van der Waals surface area contributed by atoms with Gasteiger partial charge in [0.1, 0.15) is 0 Å². The van der Waals surface area contributed by atoms with Crippen molar-refractivity contribution in [3.05, 3.63) is 47.7 Å². The number of pyridine rings is 1. The van der Waals surface area contributed by atoms with Crippen LogP contribution < -0.4 is 15.2 Å². The van der Waals surface area contributed by atoms with Crippen LogP contribution in [0.1, 0.15) is 11.1 Å². The molecule has 4 nitrogen and oxygen atoms in total. The molecule has 0 aliphatic carbocycles. The van der Waals surface area contributed by atoms with Gasteiger partial charge in [0.25, 0.3) is 0 Å². The number of methoxy groups -OCH3 is 1. The number of nitrogens with zero attached hydrogens (tertiary/aromatic N) is 1. The van der Waals surface area contributed by atoms with E-state index < -0.39 is 0 Å². The summed E-state index contributed by atoms with van der Waals surface area (Å²) in [7, 11) is 1.62. The average Bonchev–Trinajstić information content (AvgIpc) is 2.43. The third-order valence-electron chi connectivity index (χ3n) is 2.80. The molecule has 0 spiro atoms. The van der Waals surface area contributed by atoms with Crippen LogP contribution in [-0.4, -0.2) is 18.6 Å². The number of benzene rings is 1. The Hall–Kier alpha value is -2.07. The maximum absolute atomic E-state index is 5.80. The highest BCUT2D eigenvalue weighted by Crippen LogP contribution is 2.31. The van der Waals surface area contributed by atoms with Crippen LogP contribution in [0.15, 0.2) is 36.5 Å². The number of rotatable bonds is 5. The molecule has 0 saturated heterocycles. The molecule has 1 aromatic carbocycles. The predicted octanol–water partition coefficient (Wildman–Crippen LogP) is 2.69. The number of para-hydroxylation sites is 2. The van der Waals surface area contributed by atoms with Gasteiger partial charge in [-0.1, -0.05) is 12.1 Å². The summed E-state index contributed by atoms with van der Waals surface area (Å²) in [6.45, 7) is 2.59. The second kappa shape index (κ2) is 6.20. The number of hydrogen-bond donors (Lipinski definition) is 1. The van der Waals surface area contributed by atoms with E-state index in [1.807, 2.05) is 37.3 Å². The molecule has 2 N–H and O–H groups in total. The van der Waals surface area contributed by atoms with Gasteiger partial charge in [0, 0.05) is 11.8 Å². The minimum absolute atomic E-state index is 0.588. The molecular weight excluding hydrogens is 240 g/mol. The summed E-state index contributed by atoms with van der Waals surface area (Å²) in [4.78, 5) is 4.33. The van der Waals surface area contributed by atoms with Gasteiger partial charge in [-0.15, -0.1) is 0 Å². The first kappa shape index (κ1) is 13.4. The number of ether oxygens (including phenoxy) is 2. The summed E-state index contributed by atoms with van der Waals surface area (Å²) in [5, 5.41) is 0. The molecule has 4 heteroatoms. The summed E-state index contributed by atoms with van der Waals surface area (Å²) < 4.78 is 11.0. The molecule has 0 atom stereocenters. The average molecular weight is 258 g/mol. The normalized spacial score (nSPS) is 10.3. The Morgan fingerprint density at radius 1 is 1.21 bits per heavy atom. The quantitative estimate of drug-likeness (QED) is 0.895. The lowest BCUT2D eigenvalue weighted by Crippen LogP contribution is -2.04. The van der Waals surface area contributed by atoms with Crippen molar-refractivity contribution in [1.29, 1.82) is 0 Å². The van der Waals surface area contributed by atoms with Crippen LogP contribution in [0.25, 0.3) is 0 Å². The summed E-state index contributed by atoms with van der Waals surface area (Å²) in [6, 6.07) is 9.55. The Morgan fingerprint density at radius 2 is 1.95 bits per heavy atom. The van der Waals surface area contributed by atoms with Crippen LogP contribution in [0, 0.1) is 6.92 Å².